The highest BCUT2D eigenvalue weighted by Crippen LogP contribution is 2.12. The fourth-order valence-corrected chi connectivity index (χ4v) is 6.77. The molecule has 398 valence electrons. The summed E-state index contributed by atoms with van der Waals surface area (Å²) in [6, 6.07) is 0. The maximum Gasteiger partial charge on any atom is 0.306 e. The molecule has 0 bridgehead atoms. The highest BCUT2D eigenvalue weighted by molar-refractivity contribution is 5.70. The Hall–Kier alpha value is -5.26. The van der Waals surface area contributed by atoms with E-state index in [0.717, 1.165) is 135 Å². The average molecular weight is 986 g/mol. The molecule has 1 N–H and O–H groups in total. The van der Waals surface area contributed by atoms with Crippen molar-refractivity contribution in [2.75, 3.05) is 13.2 Å². The Balaban J connectivity index is 3.73. The van der Waals surface area contributed by atoms with E-state index in [9.17, 15) is 14.7 Å². The third-order valence-electron chi connectivity index (χ3n) is 10.9. The molecule has 0 heterocycles. The van der Waals surface area contributed by atoms with Crippen molar-refractivity contribution in [1.29, 1.82) is 0 Å². The SMILES string of the molecule is CC/C=C\C/C=C\C/C=C\C/C=C\C/C=C\C/C=C\C/C=C\C/C=C\C/C=C\CCCC(=O)OC(CO)COC(=O)CCCCCCCCC/C=C\C/C=C\C/C=C\C/C=C\C/C=C\C/C=C\C/C=C\CC. The number of aliphatic hydroxyl groups excluding tert-OH is 1. The van der Waals surface area contributed by atoms with Crippen molar-refractivity contribution in [2.45, 2.75) is 200 Å². The molecule has 72 heavy (non-hydrogen) atoms. The van der Waals surface area contributed by atoms with Gasteiger partial charge in [-0.25, -0.2) is 0 Å². The molecule has 0 aromatic carbocycles. The van der Waals surface area contributed by atoms with E-state index >= 15 is 0 Å². The molecular weight excluding hydrogens is 885 g/mol. The van der Waals surface area contributed by atoms with Crippen LogP contribution in [0.3, 0.4) is 0 Å². The lowest BCUT2D eigenvalue weighted by Gasteiger charge is -2.15. The van der Waals surface area contributed by atoms with Crippen LogP contribution < -0.4 is 0 Å². The fourth-order valence-electron chi connectivity index (χ4n) is 6.77. The normalized spacial score (nSPS) is 13.8. The monoisotopic (exact) mass is 985 g/mol. The first kappa shape index (κ1) is 66.7. The third-order valence-corrected chi connectivity index (χ3v) is 10.9. The zero-order chi connectivity index (χ0) is 52.0. The first-order chi connectivity index (χ1) is 35.6. The quantitative estimate of drug-likeness (QED) is 0.0374. The number of ether oxygens (including phenoxy) is 2. The molecule has 0 aliphatic rings. The number of unbranched alkanes of at least 4 members (excludes halogenated alkanes) is 8. The zero-order valence-corrected chi connectivity index (χ0v) is 45.3. The summed E-state index contributed by atoms with van der Waals surface area (Å²) in [5, 5.41) is 9.64. The smallest absolute Gasteiger partial charge is 0.306 e. The van der Waals surface area contributed by atoms with Crippen molar-refractivity contribution in [3.8, 4) is 0 Å². The summed E-state index contributed by atoms with van der Waals surface area (Å²) in [5.41, 5.74) is 0. The van der Waals surface area contributed by atoms with Crippen LogP contribution in [0.5, 0.6) is 0 Å². The molecule has 0 amide bonds. The minimum atomic E-state index is -0.826. The highest BCUT2D eigenvalue weighted by Gasteiger charge is 2.16. The second-order valence-corrected chi connectivity index (χ2v) is 17.5. The number of rotatable bonds is 48. The lowest BCUT2D eigenvalue weighted by atomic mass is 10.1. The van der Waals surface area contributed by atoms with E-state index in [1.165, 1.54) is 25.7 Å². The van der Waals surface area contributed by atoms with Gasteiger partial charge in [-0.2, -0.15) is 0 Å². The summed E-state index contributed by atoms with van der Waals surface area (Å²) in [5.74, 6) is -0.692. The van der Waals surface area contributed by atoms with E-state index in [4.69, 9.17) is 9.47 Å². The van der Waals surface area contributed by atoms with Gasteiger partial charge in [0.1, 0.15) is 6.61 Å². The molecule has 0 aliphatic carbocycles. The van der Waals surface area contributed by atoms with E-state index < -0.39 is 6.10 Å². The van der Waals surface area contributed by atoms with Crippen molar-refractivity contribution >= 4 is 11.9 Å². The van der Waals surface area contributed by atoms with E-state index in [1.54, 1.807) is 0 Å². The lowest BCUT2D eigenvalue weighted by molar-refractivity contribution is -0.161. The van der Waals surface area contributed by atoms with E-state index in [-0.39, 0.29) is 31.6 Å². The van der Waals surface area contributed by atoms with Crippen molar-refractivity contribution in [2.24, 2.45) is 0 Å². The summed E-state index contributed by atoms with van der Waals surface area (Å²) in [4.78, 5) is 24.5. The second kappa shape index (κ2) is 60.0. The van der Waals surface area contributed by atoms with Crippen molar-refractivity contribution in [1.82, 2.24) is 0 Å². The number of allylic oxidation sites excluding steroid dienone is 32. The molecule has 5 heteroatoms. The van der Waals surface area contributed by atoms with Crippen LogP contribution in [-0.4, -0.2) is 36.4 Å². The molecule has 0 spiro atoms. The average Bonchev–Trinajstić information content (AvgIpc) is 3.38. The molecule has 0 saturated carbocycles. The number of hydrogen-bond acceptors (Lipinski definition) is 5. The molecule has 0 aromatic rings. The molecule has 0 rings (SSSR count). The Morgan fingerprint density at radius 2 is 0.569 bits per heavy atom. The Morgan fingerprint density at radius 1 is 0.319 bits per heavy atom. The predicted molar refractivity (Wildman–Crippen MR) is 315 cm³/mol. The minimum absolute atomic E-state index is 0.110. The van der Waals surface area contributed by atoms with E-state index in [0.29, 0.717) is 12.8 Å². The van der Waals surface area contributed by atoms with Crippen LogP contribution in [0.1, 0.15) is 194 Å². The lowest BCUT2D eigenvalue weighted by Crippen LogP contribution is -2.28. The van der Waals surface area contributed by atoms with Gasteiger partial charge in [0, 0.05) is 12.8 Å². The molecule has 1 unspecified atom stereocenters. The van der Waals surface area contributed by atoms with Crippen LogP contribution in [0.4, 0.5) is 0 Å². The van der Waals surface area contributed by atoms with Gasteiger partial charge in [-0.3, -0.25) is 9.59 Å². The Kier molecular flexibility index (Phi) is 55.7. The summed E-state index contributed by atoms with van der Waals surface area (Å²) < 4.78 is 10.6. The van der Waals surface area contributed by atoms with Gasteiger partial charge in [0.15, 0.2) is 6.10 Å². The van der Waals surface area contributed by atoms with Gasteiger partial charge in [-0.1, -0.05) is 240 Å². The van der Waals surface area contributed by atoms with E-state index in [2.05, 4.69) is 208 Å². The predicted octanol–water partition coefficient (Wildman–Crippen LogP) is 19.3. The summed E-state index contributed by atoms with van der Waals surface area (Å²) in [6.07, 6.45) is 96.7. The highest BCUT2D eigenvalue weighted by atomic mass is 16.6. The van der Waals surface area contributed by atoms with Crippen molar-refractivity contribution in [3.05, 3.63) is 194 Å². The number of aliphatic hydroxyl groups is 1. The van der Waals surface area contributed by atoms with Crippen LogP contribution in [0.2, 0.25) is 0 Å². The summed E-state index contributed by atoms with van der Waals surface area (Å²) >= 11 is 0. The zero-order valence-electron chi connectivity index (χ0n) is 45.3. The Morgan fingerprint density at radius 3 is 0.875 bits per heavy atom. The van der Waals surface area contributed by atoms with E-state index in [1.807, 2.05) is 0 Å². The molecule has 5 nitrogen and oxygen atoms in total. The fraction of sp³-hybridized carbons (Fsp3) is 0.493. The minimum Gasteiger partial charge on any atom is -0.462 e. The van der Waals surface area contributed by atoms with Gasteiger partial charge in [0.05, 0.1) is 6.61 Å². The standard InChI is InChI=1S/C67H100O5/c1-3-5-7-9-11-13-15-17-19-21-23-25-27-29-31-33-35-37-39-41-43-45-47-49-51-53-55-57-59-61-66(69)71-64-65(63-68)72-67(70)62-60-58-56-54-52-50-48-46-44-42-40-38-36-34-32-30-28-26-24-22-20-18-16-14-12-10-8-6-4-2/h5-8,11-14,17-20,23-26,29-32,35-38,41-44,48,50,54,56,65,68H,3-4,9-10,15-16,21-22,27-28,33-34,39-40,45-47,49,51-53,55,57-64H2,1-2H3/b7-5-,8-6-,13-11-,14-12-,19-17-,20-18-,25-23-,26-24-,31-29-,32-30-,37-35-,38-36-,43-41-,44-42-,50-48-,56-54-. The first-order valence-corrected chi connectivity index (χ1v) is 28.0. The van der Waals surface area contributed by atoms with Crippen LogP contribution in [0.15, 0.2) is 194 Å². The molecule has 0 fully saturated rings. The van der Waals surface area contributed by atoms with Crippen molar-refractivity contribution < 1.29 is 24.2 Å². The number of carbonyl (C=O) groups is 2. The van der Waals surface area contributed by atoms with Gasteiger partial charge >= 0.3 is 11.9 Å². The van der Waals surface area contributed by atoms with Crippen LogP contribution in [0.25, 0.3) is 0 Å². The largest absolute Gasteiger partial charge is 0.462 e. The maximum atomic E-state index is 12.3. The number of carbonyl (C=O) groups excluding carboxylic acids is 2. The molecular formula is C67H100O5. The van der Waals surface area contributed by atoms with Crippen molar-refractivity contribution in [3.63, 3.8) is 0 Å². The molecule has 0 aromatic heterocycles. The van der Waals surface area contributed by atoms with Gasteiger partial charge in [0.2, 0.25) is 0 Å². The van der Waals surface area contributed by atoms with Gasteiger partial charge in [-0.05, 0) is 135 Å². The van der Waals surface area contributed by atoms with Gasteiger partial charge in [-0.15, -0.1) is 0 Å². The Labute approximate surface area is 441 Å². The first-order valence-electron chi connectivity index (χ1n) is 28.0. The Bertz CT molecular complexity index is 1730. The number of esters is 2. The van der Waals surface area contributed by atoms with Crippen LogP contribution in [0, 0.1) is 0 Å². The number of hydrogen-bond donors (Lipinski definition) is 1. The molecule has 1 atom stereocenters. The molecule has 0 aliphatic heterocycles. The summed E-state index contributed by atoms with van der Waals surface area (Å²) in [7, 11) is 0. The van der Waals surface area contributed by atoms with Crippen LogP contribution >= 0.6 is 0 Å². The molecule has 0 saturated heterocycles. The third kappa shape index (κ3) is 57.3. The van der Waals surface area contributed by atoms with Crippen LogP contribution in [-0.2, 0) is 19.1 Å². The van der Waals surface area contributed by atoms with Gasteiger partial charge in [0.25, 0.3) is 0 Å². The summed E-state index contributed by atoms with van der Waals surface area (Å²) in [6.45, 7) is 3.83. The maximum absolute atomic E-state index is 12.3. The topological polar surface area (TPSA) is 72.8 Å². The van der Waals surface area contributed by atoms with Gasteiger partial charge < -0.3 is 14.6 Å². The second-order valence-electron chi connectivity index (χ2n) is 17.5. The molecule has 0 radical (unpaired) electrons.